The second kappa shape index (κ2) is 10.7. The van der Waals surface area contributed by atoms with Crippen molar-refractivity contribution < 1.29 is 14.0 Å². The number of amides is 2. The van der Waals surface area contributed by atoms with Crippen LogP contribution >= 0.6 is 11.8 Å². The molecule has 0 bridgehead atoms. The van der Waals surface area contributed by atoms with Gasteiger partial charge in [0.25, 0.3) is 0 Å². The Kier molecular flexibility index (Phi) is 7.78. The zero-order chi connectivity index (χ0) is 26.9. The fourth-order valence-corrected chi connectivity index (χ4v) is 5.79. The van der Waals surface area contributed by atoms with Crippen LogP contribution in [0.15, 0.2) is 42.5 Å². The molecule has 0 fully saturated rings. The molecule has 1 unspecified atom stereocenters. The van der Waals surface area contributed by atoms with Crippen molar-refractivity contribution in [1.82, 2.24) is 15.1 Å². The van der Waals surface area contributed by atoms with E-state index in [9.17, 15) is 14.0 Å². The van der Waals surface area contributed by atoms with Crippen molar-refractivity contribution in [3.05, 3.63) is 76.2 Å². The van der Waals surface area contributed by atoms with Crippen LogP contribution in [-0.4, -0.2) is 40.4 Å². The first-order chi connectivity index (χ1) is 17.5. The lowest BCUT2D eigenvalue weighted by atomic mass is 9.87. The third-order valence-corrected chi connectivity index (χ3v) is 7.88. The number of nitrogens with one attached hydrogen (secondary N) is 1. The summed E-state index contributed by atoms with van der Waals surface area (Å²) in [7, 11) is 0. The fourth-order valence-electron chi connectivity index (χ4n) is 4.60. The molecule has 0 spiro atoms. The topological polar surface area (TPSA) is 67.2 Å². The first-order valence-corrected chi connectivity index (χ1v) is 13.7. The van der Waals surface area contributed by atoms with E-state index in [1.54, 1.807) is 11.0 Å². The van der Waals surface area contributed by atoms with Crippen molar-refractivity contribution in [3.8, 4) is 5.69 Å². The summed E-state index contributed by atoms with van der Waals surface area (Å²) in [6, 6.07) is 12.5. The van der Waals surface area contributed by atoms with Gasteiger partial charge in [-0.2, -0.15) is 5.10 Å². The Morgan fingerprint density at radius 1 is 1.19 bits per heavy atom. The van der Waals surface area contributed by atoms with Gasteiger partial charge in [0.1, 0.15) is 18.2 Å². The number of hydrogen-bond donors (Lipinski definition) is 1. The maximum absolute atomic E-state index is 14.4. The van der Waals surface area contributed by atoms with Gasteiger partial charge in [0, 0.05) is 17.5 Å². The van der Waals surface area contributed by atoms with Crippen molar-refractivity contribution in [2.24, 2.45) is 0 Å². The average Bonchev–Trinajstić information content (AvgIpc) is 3.17. The van der Waals surface area contributed by atoms with Gasteiger partial charge in [-0.3, -0.25) is 14.5 Å². The zero-order valence-electron chi connectivity index (χ0n) is 22.4. The summed E-state index contributed by atoms with van der Waals surface area (Å²) in [5, 5.41) is 7.69. The Morgan fingerprint density at radius 2 is 1.92 bits per heavy atom. The molecule has 1 aliphatic heterocycles. The number of fused-ring (bicyclic) bond motifs is 1. The van der Waals surface area contributed by atoms with E-state index >= 15 is 0 Å². The first-order valence-electron chi connectivity index (χ1n) is 12.7. The second-order valence-corrected chi connectivity index (χ2v) is 11.6. The Hall–Kier alpha value is -3.13. The van der Waals surface area contributed by atoms with Gasteiger partial charge in [-0.05, 0) is 55.2 Å². The van der Waals surface area contributed by atoms with Crippen LogP contribution in [0, 0.1) is 19.7 Å². The van der Waals surface area contributed by atoms with Gasteiger partial charge in [0.05, 0.1) is 22.4 Å². The van der Waals surface area contributed by atoms with Crippen molar-refractivity contribution in [2.45, 2.75) is 58.6 Å². The molecule has 2 heterocycles. The molecule has 0 aliphatic carbocycles. The molecule has 37 heavy (non-hydrogen) atoms. The first kappa shape index (κ1) is 26.9. The minimum absolute atomic E-state index is 0.109. The highest BCUT2D eigenvalue weighted by molar-refractivity contribution is 8.00. The van der Waals surface area contributed by atoms with Crippen LogP contribution in [0.4, 0.5) is 10.2 Å². The van der Waals surface area contributed by atoms with E-state index in [-0.39, 0.29) is 40.6 Å². The van der Waals surface area contributed by atoms with Crippen LogP contribution < -0.4 is 10.2 Å². The van der Waals surface area contributed by atoms with E-state index in [4.69, 9.17) is 5.10 Å². The molecule has 3 aromatic rings. The van der Waals surface area contributed by atoms with Crippen LogP contribution in [0.5, 0.6) is 0 Å². The molecule has 0 saturated heterocycles. The molecule has 6 nitrogen and oxygen atoms in total. The molecule has 1 atom stereocenters. The predicted octanol–water partition coefficient (Wildman–Crippen LogP) is 5.62. The summed E-state index contributed by atoms with van der Waals surface area (Å²) in [6.45, 7) is 12.7. The van der Waals surface area contributed by atoms with Gasteiger partial charge in [0.2, 0.25) is 11.8 Å². The number of hydrogen-bond acceptors (Lipinski definition) is 4. The lowest BCUT2D eigenvalue weighted by Crippen LogP contribution is -2.42. The third-order valence-electron chi connectivity index (χ3n) is 6.63. The van der Waals surface area contributed by atoms with E-state index in [0.717, 1.165) is 40.1 Å². The van der Waals surface area contributed by atoms with Crippen LogP contribution in [-0.2, 0) is 15.0 Å². The lowest BCUT2D eigenvalue weighted by molar-refractivity contribution is -0.122. The zero-order valence-corrected chi connectivity index (χ0v) is 23.2. The number of carbonyl (C=O) groups is 2. The van der Waals surface area contributed by atoms with Crippen molar-refractivity contribution in [3.63, 3.8) is 0 Å². The molecule has 8 heteroatoms. The highest BCUT2D eigenvalue weighted by Gasteiger charge is 2.40. The molecular weight excluding hydrogens is 487 g/mol. The molecule has 2 aromatic carbocycles. The molecule has 0 saturated carbocycles. The van der Waals surface area contributed by atoms with E-state index < -0.39 is 0 Å². The number of halogens is 1. The van der Waals surface area contributed by atoms with Crippen molar-refractivity contribution >= 4 is 29.4 Å². The van der Waals surface area contributed by atoms with Gasteiger partial charge < -0.3 is 5.32 Å². The molecule has 4 rings (SSSR count). The minimum atomic E-state index is -0.372. The van der Waals surface area contributed by atoms with Crippen LogP contribution in [0.25, 0.3) is 5.69 Å². The number of rotatable bonds is 6. The molecule has 196 valence electrons. The van der Waals surface area contributed by atoms with E-state index in [1.807, 2.05) is 49.7 Å². The number of thioether (sulfide) groups is 1. The largest absolute Gasteiger partial charge is 0.355 e. The fraction of sp³-hybridized carbons (Fsp3) is 0.414. The summed E-state index contributed by atoms with van der Waals surface area (Å²) >= 11 is 1.45. The SMILES string of the molecule is CCCNC(=O)CN1C(=O)CSC(c2cccc(F)c2)c2c(C(C)(C)C)nn(-c3cccc(C)c3C)c21. The summed E-state index contributed by atoms with van der Waals surface area (Å²) in [4.78, 5) is 28.1. The number of aryl methyl sites for hydroxylation is 1. The van der Waals surface area contributed by atoms with Gasteiger partial charge in [-0.25, -0.2) is 9.07 Å². The normalized spacial score (nSPS) is 15.9. The number of benzene rings is 2. The Balaban J connectivity index is 2.04. The van der Waals surface area contributed by atoms with Crippen LogP contribution in [0.1, 0.15) is 67.3 Å². The Bertz CT molecular complexity index is 1330. The molecule has 1 N–H and O–H groups in total. The monoisotopic (exact) mass is 522 g/mol. The predicted molar refractivity (Wildman–Crippen MR) is 148 cm³/mol. The maximum atomic E-state index is 14.4. The Morgan fingerprint density at radius 3 is 2.59 bits per heavy atom. The summed E-state index contributed by atoms with van der Waals surface area (Å²) in [6.07, 6.45) is 0.803. The standard InChI is InChI=1S/C29H35FN4O2S/c1-7-14-31-23(35)16-33-24(36)17-37-26(20-11-9-12-21(30)15-20)25-27(29(4,5)6)32-34(28(25)33)22-13-8-10-18(2)19(22)3/h8-13,15,26H,7,14,16-17H2,1-6H3,(H,31,35). The Labute approximate surface area is 222 Å². The molecule has 0 radical (unpaired) electrons. The second-order valence-electron chi connectivity index (χ2n) is 10.5. The highest BCUT2D eigenvalue weighted by Crippen LogP contribution is 2.48. The van der Waals surface area contributed by atoms with E-state index in [2.05, 4.69) is 26.1 Å². The smallest absolute Gasteiger partial charge is 0.240 e. The molecular formula is C29H35FN4O2S. The van der Waals surface area contributed by atoms with Crippen LogP contribution in [0.2, 0.25) is 0 Å². The number of anilines is 1. The van der Waals surface area contributed by atoms with Gasteiger partial charge >= 0.3 is 0 Å². The average molecular weight is 523 g/mol. The number of nitrogens with zero attached hydrogens (tertiary/aromatic N) is 3. The van der Waals surface area contributed by atoms with Crippen molar-refractivity contribution in [2.75, 3.05) is 23.7 Å². The lowest BCUT2D eigenvalue weighted by Gasteiger charge is -2.25. The minimum Gasteiger partial charge on any atom is -0.355 e. The number of aromatic nitrogens is 2. The van der Waals surface area contributed by atoms with E-state index in [0.29, 0.717) is 12.4 Å². The molecule has 1 aliphatic rings. The summed E-state index contributed by atoms with van der Waals surface area (Å²) in [5.41, 5.74) is 5.04. The third kappa shape index (κ3) is 5.44. The van der Waals surface area contributed by atoms with E-state index in [1.165, 1.54) is 23.9 Å². The molecule has 2 amide bonds. The van der Waals surface area contributed by atoms with Gasteiger partial charge in [0.15, 0.2) is 0 Å². The van der Waals surface area contributed by atoms with Crippen LogP contribution in [0.3, 0.4) is 0 Å². The summed E-state index contributed by atoms with van der Waals surface area (Å²) < 4.78 is 16.2. The maximum Gasteiger partial charge on any atom is 0.240 e. The van der Waals surface area contributed by atoms with Crippen molar-refractivity contribution in [1.29, 1.82) is 0 Å². The summed E-state index contributed by atoms with van der Waals surface area (Å²) in [5.74, 6) is 0.0118. The van der Waals surface area contributed by atoms with Gasteiger partial charge in [-0.15, -0.1) is 11.8 Å². The van der Waals surface area contributed by atoms with Gasteiger partial charge in [-0.1, -0.05) is 52.0 Å². The highest BCUT2D eigenvalue weighted by atomic mass is 32.2. The molecule has 1 aromatic heterocycles. The number of carbonyl (C=O) groups excluding carboxylic acids is 2. The quantitative estimate of drug-likeness (QED) is 0.456.